The summed E-state index contributed by atoms with van der Waals surface area (Å²) in [5.41, 5.74) is 4.22. The fraction of sp³-hybridized carbons (Fsp3) is 0.316. The number of amides is 2. The van der Waals surface area contributed by atoms with Gasteiger partial charge in [-0.15, -0.1) is 0 Å². The third-order valence-corrected chi connectivity index (χ3v) is 4.62. The van der Waals surface area contributed by atoms with E-state index in [1.54, 1.807) is 6.07 Å². The molecule has 1 fully saturated rings. The van der Waals surface area contributed by atoms with Gasteiger partial charge in [-0.05, 0) is 49.9 Å². The summed E-state index contributed by atoms with van der Waals surface area (Å²) in [5, 5.41) is 3.64. The molecule has 2 aromatic rings. The molecule has 0 aliphatic carbocycles. The van der Waals surface area contributed by atoms with Crippen LogP contribution in [0.3, 0.4) is 0 Å². The molecule has 1 heterocycles. The Morgan fingerprint density at radius 3 is 2.83 bits per heavy atom. The molecule has 0 saturated carbocycles. The molecule has 1 saturated heterocycles. The number of carbonyl (C=O) groups excluding carboxylic acids is 1. The maximum absolute atomic E-state index is 12.7. The zero-order chi connectivity index (χ0) is 16.4. The maximum atomic E-state index is 12.7. The lowest BCUT2D eigenvalue weighted by Gasteiger charge is -2.26. The molecule has 1 aliphatic heterocycles. The van der Waals surface area contributed by atoms with Gasteiger partial charge in [0.25, 0.3) is 0 Å². The predicted octanol–water partition coefficient (Wildman–Crippen LogP) is 5.33. The molecule has 3 nitrogen and oxygen atoms in total. The average Bonchev–Trinajstić information content (AvgIpc) is 3.00. The van der Waals surface area contributed by atoms with E-state index in [0.717, 1.165) is 30.6 Å². The van der Waals surface area contributed by atoms with Gasteiger partial charge >= 0.3 is 6.03 Å². The van der Waals surface area contributed by atoms with Crippen molar-refractivity contribution in [3.05, 3.63) is 64.2 Å². The minimum atomic E-state index is -0.0561. The molecule has 2 aromatic carbocycles. The molecule has 1 unspecified atom stereocenters. The first-order chi connectivity index (χ1) is 11.0. The number of carbonyl (C=O) groups is 1. The first kappa shape index (κ1) is 15.9. The molecule has 0 radical (unpaired) electrons. The lowest BCUT2D eigenvalue weighted by atomic mass is 10.0. The molecule has 120 valence electrons. The van der Waals surface area contributed by atoms with Gasteiger partial charge in [0.15, 0.2) is 0 Å². The number of benzene rings is 2. The summed E-state index contributed by atoms with van der Waals surface area (Å²) in [6.45, 7) is 4.83. The molecule has 0 bridgehead atoms. The molecule has 1 N–H and O–H groups in total. The number of nitrogens with zero attached hydrogens (tertiary/aromatic N) is 1. The van der Waals surface area contributed by atoms with Crippen LogP contribution in [0.15, 0.2) is 42.5 Å². The number of hydrogen-bond donors (Lipinski definition) is 1. The van der Waals surface area contributed by atoms with Gasteiger partial charge in [0.2, 0.25) is 0 Å². The van der Waals surface area contributed by atoms with Crippen molar-refractivity contribution in [1.82, 2.24) is 4.90 Å². The Hall–Kier alpha value is -2.00. The molecular weight excluding hydrogens is 308 g/mol. The Morgan fingerprint density at radius 1 is 1.22 bits per heavy atom. The number of anilines is 1. The summed E-state index contributed by atoms with van der Waals surface area (Å²) in [7, 11) is 0. The van der Waals surface area contributed by atoms with Gasteiger partial charge in [-0.3, -0.25) is 0 Å². The van der Waals surface area contributed by atoms with E-state index in [0.29, 0.717) is 5.02 Å². The standard InChI is InChI=1S/C19H21ClN2O/c1-13-5-3-6-15(11-13)18-7-4-10-22(18)19(23)21-17-12-16(20)9-8-14(17)2/h3,5-6,8-9,11-12,18H,4,7,10H2,1-2H3,(H,21,23). The third kappa shape index (κ3) is 3.50. The second kappa shape index (κ2) is 6.63. The van der Waals surface area contributed by atoms with Gasteiger partial charge in [-0.1, -0.05) is 47.5 Å². The highest BCUT2D eigenvalue weighted by Crippen LogP contribution is 2.33. The highest BCUT2D eigenvalue weighted by atomic mass is 35.5. The van der Waals surface area contributed by atoms with Crippen molar-refractivity contribution in [2.75, 3.05) is 11.9 Å². The van der Waals surface area contributed by atoms with Crippen molar-refractivity contribution in [3.8, 4) is 0 Å². The van der Waals surface area contributed by atoms with E-state index in [-0.39, 0.29) is 12.1 Å². The maximum Gasteiger partial charge on any atom is 0.322 e. The number of urea groups is 1. The second-order valence-electron chi connectivity index (χ2n) is 6.15. The highest BCUT2D eigenvalue weighted by Gasteiger charge is 2.30. The van der Waals surface area contributed by atoms with Crippen LogP contribution in [0.25, 0.3) is 0 Å². The van der Waals surface area contributed by atoms with E-state index in [4.69, 9.17) is 11.6 Å². The van der Waals surface area contributed by atoms with Crippen LogP contribution in [0, 0.1) is 13.8 Å². The van der Waals surface area contributed by atoms with Crippen molar-refractivity contribution in [2.24, 2.45) is 0 Å². The summed E-state index contributed by atoms with van der Waals surface area (Å²) < 4.78 is 0. The van der Waals surface area contributed by atoms with Crippen LogP contribution >= 0.6 is 11.6 Å². The molecule has 23 heavy (non-hydrogen) atoms. The van der Waals surface area contributed by atoms with Crippen molar-refractivity contribution < 1.29 is 4.79 Å². The van der Waals surface area contributed by atoms with Gasteiger partial charge in [0.1, 0.15) is 0 Å². The third-order valence-electron chi connectivity index (χ3n) is 4.38. The molecule has 3 rings (SSSR count). The van der Waals surface area contributed by atoms with Crippen LogP contribution in [0.5, 0.6) is 0 Å². The molecule has 1 aliphatic rings. The summed E-state index contributed by atoms with van der Waals surface area (Å²) in [6.07, 6.45) is 2.03. The molecule has 4 heteroatoms. The van der Waals surface area contributed by atoms with E-state index in [1.165, 1.54) is 11.1 Å². The lowest BCUT2D eigenvalue weighted by Crippen LogP contribution is -2.34. The van der Waals surface area contributed by atoms with E-state index < -0.39 is 0 Å². The van der Waals surface area contributed by atoms with Crippen LogP contribution in [0.1, 0.15) is 35.6 Å². The molecule has 1 atom stereocenters. The van der Waals surface area contributed by atoms with Gasteiger partial charge in [-0.2, -0.15) is 0 Å². The highest BCUT2D eigenvalue weighted by molar-refractivity contribution is 6.31. The van der Waals surface area contributed by atoms with Crippen LogP contribution in [-0.2, 0) is 0 Å². The fourth-order valence-corrected chi connectivity index (χ4v) is 3.32. The molecular formula is C19H21ClN2O. The summed E-state index contributed by atoms with van der Waals surface area (Å²) in [4.78, 5) is 14.6. The SMILES string of the molecule is Cc1cccc(C2CCCN2C(=O)Nc2cc(Cl)ccc2C)c1. The number of likely N-dealkylation sites (tertiary alicyclic amines) is 1. The Labute approximate surface area is 142 Å². The number of hydrogen-bond acceptors (Lipinski definition) is 1. The average molecular weight is 329 g/mol. The largest absolute Gasteiger partial charge is 0.322 e. The summed E-state index contributed by atoms with van der Waals surface area (Å²) >= 11 is 6.04. The first-order valence-corrected chi connectivity index (χ1v) is 8.33. The number of halogens is 1. The number of nitrogens with one attached hydrogen (secondary N) is 1. The van der Waals surface area contributed by atoms with Crippen molar-refractivity contribution in [3.63, 3.8) is 0 Å². The lowest BCUT2D eigenvalue weighted by molar-refractivity contribution is 0.207. The van der Waals surface area contributed by atoms with Gasteiger partial charge < -0.3 is 10.2 Å². The molecule has 2 amide bonds. The molecule has 0 spiro atoms. The summed E-state index contributed by atoms with van der Waals surface area (Å²) in [6, 6.07) is 14.0. The normalized spacial score (nSPS) is 17.3. The first-order valence-electron chi connectivity index (χ1n) is 7.95. The Kier molecular flexibility index (Phi) is 4.58. The quantitative estimate of drug-likeness (QED) is 0.794. The van der Waals surface area contributed by atoms with Crippen molar-refractivity contribution in [2.45, 2.75) is 32.7 Å². The second-order valence-corrected chi connectivity index (χ2v) is 6.59. The minimum absolute atomic E-state index is 0.0561. The number of rotatable bonds is 2. The number of aryl methyl sites for hydroxylation is 2. The van der Waals surface area contributed by atoms with E-state index >= 15 is 0 Å². The van der Waals surface area contributed by atoms with Crippen molar-refractivity contribution >= 4 is 23.3 Å². The Morgan fingerprint density at radius 2 is 2.04 bits per heavy atom. The summed E-state index contributed by atoms with van der Waals surface area (Å²) in [5.74, 6) is 0. The topological polar surface area (TPSA) is 32.3 Å². The predicted molar refractivity (Wildman–Crippen MR) is 95.1 cm³/mol. The minimum Gasteiger partial charge on any atom is -0.317 e. The Balaban J connectivity index is 1.79. The zero-order valence-electron chi connectivity index (χ0n) is 13.5. The Bertz CT molecular complexity index is 729. The van der Waals surface area contributed by atoms with E-state index in [1.807, 2.05) is 24.0 Å². The van der Waals surface area contributed by atoms with Gasteiger partial charge in [0, 0.05) is 17.3 Å². The monoisotopic (exact) mass is 328 g/mol. The smallest absolute Gasteiger partial charge is 0.317 e. The van der Waals surface area contributed by atoms with Gasteiger partial charge in [0.05, 0.1) is 6.04 Å². The van der Waals surface area contributed by atoms with Crippen LogP contribution in [-0.4, -0.2) is 17.5 Å². The van der Waals surface area contributed by atoms with Crippen LogP contribution in [0.2, 0.25) is 5.02 Å². The molecule has 0 aromatic heterocycles. The van der Waals surface area contributed by atoms with Gasteiger partial charge in [-0.25, -0.2) is 4.79 Å². The van der Waals surface area contributed by atoms with Crippen molar-refractivity contribution in [1.29, 1.82) is 0 Å². The van der Waals surface area contributed by atoms with Crippen LogP contribution in [0.4, 0.5) is 10.5 Å². The fourth-order valence-electron chi connectivity index (χ4n) is 3.15. The zero-order valence-corrected chi connectivity index (χ0v) is 14.2. The van der Waals surface area contributed by atoms with Crippen LogP contribution < -0.4 is 5.32 Å². The van der Waals surface area contributed by atoms with E-state index in [9.17, 15) is 4.79 Å². The van der Waals surface area contributed by atoms with E-state index in [2.05, 4.69) is 36.5 Å².